The van der Waals surface area contributed by atoms with Gasteiger partial charge in [0, 0.05) is 13.1 Å². The quantitative estimate of drug-likeness (QED) is 0.389. The molecule has 0 bridgehead atoms. The second kappa shape index (κ2) is 5.48. The van der Waals surface area contributed by atoms with Gasteiger partial charge in [0.05, 0.1) is 11.8 Å². The third-order valence-corrected chi connectivity index (χ3v) is 2.03. The summed E-state index contributed by atoms with van der Waals surface area (Å²) in [4.78, 5) is 0. The summed E-state index contributed by atoms with van der Waals surface area (Å²) >= 11 is 0. The van der Waals surface area contributed by atoms with Crippen molar-refractivity contribution < 1.29 is 9.50 Å². The fourth-order valence-corrected chi connectivity index (χ4v) is 1.21. The summed E-state index contributed by atoms with van der Waals surface area (Å²) in [5.74, 6) is -0.468. The Bertz CT molecular complexity index is 341. The van der Waals surface area contributed by atoms with Crippen LogP contribution in [0.2, 0.25) is 0 Å². The SMILES string of the molecule is C=CCNCC(O)c1ccc(F)c(N)c1. The minimum absolute atomic E-state index is 0.0512. The Labute approximate surface area is 88.4 Å². The Balaban J connectivity index is 2.61. The summed E-state index contributed by atoms with van der Waals surface area (Å²) < 4.78 is 12.8. The lowest BCUT2D eigenvalue weighted by molar-refractivity contribution is 0.176. The molecular weight excluding hydrogens is 195 g/mol. The van der Waals surface area contributed by atoms with Gasteiger partial charge in [-0.25, -0.2) is 4.39 Å². The van der Waals surface area contributed by atoms with E-state index in [1.165, 1.54) is 18.2 Å². The maximum absolute atomic E-state index is 12.8. The standard InChI is InChI=1S/C11H15FN2O/c1-2-5-14-7-11(15)8-3-4-9(12)10(13)6-8/h2-4,6,11,14-15H,1,5,7,13H2. The monoisotopic (exact) mass is 210 g/mol. The van der Waals surface area contributed by atoms with E-state index in [0.717, 1.165) is 0 Å². The van der Waals surface area contributed by atoms with Crippen LogP contribution in [0.4, 0.5) is 10.1 Å². The molecule has 0 heterocycles. The van der Waals surface area contributed by atoms with Gasteiger partial charge in [-0.15, -0.1) is 6.58 Å². The van der Waals surface area contributed by atoms with Crippen LogP contribution in [0.1, 0.15) is 11.7 Å². The van der Waals surface area contributed by atoms with Crippen LogP contribution in [0, 0.1) is 5.82 Å². The van der Waals surface area contributed by atoms with E-state index in [1.807, 2.05) is 0 Å². The highest BCUT2D eigenvalue weighted by molar-refractivity contribution is 5.43. The van der Waals surface area contributed by atoms with Crippen molar-refractivity contribution in [3.05, 3.63) is 42.2 Å². The highest BCUT2D eigenvalue weighted by Crippen LogP contribution is 2.17. The molecule has 3 nitrogen and oxygen atoms in total. The molecule has 0 saturated carbocycles. The van der Waals surface area contributed by atoms with Gasteiger partial charge in [-0.2, -0.15) is 0 Å². The van der Waals surface area contributed by atoms with Gasteiger partial charge in [-0.05, 0) is 17.7 Å². The van der Waals surface area contributed by atoms with Gasteiger partial charge in [0.1, 0.15) is 5.82 Å². The number of aliphatic hydroxyl groups is 1. The van der Waals surface area contributed by atoms with Crippen molar-refractivity contribution in [2.45, 2.75) is 6.10 Å². The van der Waals surface area contributed by atoms with E-state index in [9.17, 15) is 9.50 Å². The number of anilines is 1. The minimum atomic E-state index is -0.687. The first-order chi connectivity index (χ1) is 7.15. The zero-order chi connectivity index (χ0) is 11.3. The molecule has 4 N–H and O–H groups in total. The van der Waals surface area contributed by atoms with Crippen LogP contribution >= 0.6 is 0 Å². The first kappa shape index (κ1) is 11.7. The van der Waals surface area contributed by atoms with Gasteiger partial charge in [-0.3, -0.25) is 0 Å². The molecular formula is C11H15FN2O. The van der Waals surface area contributed by atoms with Crippen LogP contribution in [0.15, 0.2) is 30.9 Å². The summed E-state index contributed by atoms with van der Waals surface area (Å²) in [6.07, 6.45) is 1.01. The molecule has 0 aromatic heterocycles. The zero-order valence-electron chi connectivity index (χ0n) is 8.41. The molecule has 0 aliphatic carbocycles. The molecule has 82 valence electrons. The molecule has 1 aromatic carbocycles. The number of nitrogens with two attached hydrogens (primary N) is 1. The van der Waals surface area contributed by atoms with Crippen LogP contribution < -0.4 is 11.1 Å². The average molecular weight is 210 g/mol. The Morgan fingerprint density at radius 3 is 2.93 bits per heavy atom. The van der Waals surface area contributed by atoms with E-state index in [2.05, 4.69) is 11.9 Å². The van der Waals surface area contributed by atoms with Crippen molar-refractivity contribution in [1.29, 1.82) is 0 Å². The van der Waals surface area contributed by atoms with Crippen LogP contribution in [-0.4, -0.2) is 18.2 Å². The molecule has 0 fully saturated rings. The number of rotatable bonds is 5. The van der Waals surface area contributed by atoms with Gasteiger partial charge >= 0.3 is 0 Å². The number of aliphatic hydroxyl groups excluding tert-OH is 1. The summed E-state index contributed by atoms with van der Waals surface area (Å²) in [7, 11) is 0. The number of nitrogen functional groups attached to an aromatic ring is 1. The summed E-state index contributed by atoms with van der Waals surface area (Å²) in [6, 6.07) is 4.21. The zero-order valence-corrected chi connectivity index (χ0v) is 8.41. The Morgan fingerprint density at radius 1 is 1.60 bits per heavy atom. The summed E-state index contributed by atoms with van der Waals surface area (Å²) in [5, 5.41) is 12.7. The lowest BCUT2D eigenvalue weighted by atomic mass is 10.1. The predicted octanol–water partition coefficient (Wildman–Crippen LogP) is 1.22. The first-order valence-electron chi connectivity index (χ1n) is 4.69. The number of halogens is 1. The number of hydrogen-bond donors (Lipinski definition) is 3. The summed E-state index contributed by atoms with van der Waals surface area (Å²) in [5.41, 5.74) is 6.04. The van der Waals surface area contributed by atoms with Crippen LogP contribution in [-0.2, 0) is 0 Å². The van der Waals surface area contributed by atoms with Crippen LogP contribution in [0.25, 0.3) is 0 Å². The van der Waals surface area contributed by atoms with Crippen molar-refractivity contribution in [2.75, 3.05) is 18.8 Å². The summed E-state index contributed by atoms with van der Waals surface area (Å²) in [6.45, 7) is 4.55. The minimum Gasteiger partial charge on any atom is -0.396 e. The smallest absolute Gasteiger partial charge is 0.146 e. The molecule has 0 spiro atoms. The molecule has 0 radical (unpaired) electrons. The van der Waals surface area contributed by atoms with E-state index < -0.39 is 11.9 Å². The Morgan fingerprint density at radius 2 is 2.33 bits per heavy atom. The molecule has 0 saturated heterocycles. The normalized spacial score (nSPS) is 12.4. The van der Waals surface area contributed by atoms with Gasteiger partial charge in [0.2, 0.25) is 0 Å². The van der Waals surface area contributed by atoms with Crippen molar-refractivity contribution >= 4 is 5.69 Å². The predicted molar refractivity (Wildman–Crippen MR) is 58.8 cm³/mol. The molecule has 0 aliphatic rings. The molecule has 0 aliphatic heterocycles. The average Bonchev–Trinajstić information content (AvgIpc) is 2.22. The largest absolute Gasteiger partial charge is 0.396 e. The fraction of sp³-hybridized carbons (Fsp3) is 0.273. The van der Waals surface area contributed by atoms with E-state index in [4.69, 9.17) is 5.73 Å². The van der Waals surface area contributed by atoms with Crippen molar-refractivity contribution in [2.24, 2.45) is 0 Å². The number of hydrogen-bond acceptors (Lipinski definition) is 3. The molecule has 1 atom stereocenters. The van der Waals surface area contributed by atoms with Gasteiger partial charge in [-0.1, -0.05) is 12.1 Å². The number of benzene rings is 1. The fourth-order valence-electron chi connectivity index (χ4n) is 1.21. The second-order valence-electron chi connectivity index (χ2n) is 3.24. The lowest BCUT2D eigenvalue weighted by Crippen LogP contribution is -2.21. The van der Waals surface area contributed by atoms with Crippen molar-refractivity contribution in [3.63, 3.8) is 0 Å². The van der Waals surface area contributed by atoms with Crippen LogP contribution in [0.5, 0.6) is 0 Å². The highest BCUT2D eigenvalue weighted by Gasteiger charge is 2.08. The van der Waals surface area contributed by atoms with Gasteiger partial charge < -0.3 is 16.2 Å². The lowest BCUT2D eigenvalue weighted by Gasteiger charge is -2.12. The molecule has 0 amide bonds. The van der Waals surface area contributed by atoms with E-state index in [-0.39, 0.29) is 5.69 Å². The topological polar surface area (TPSA) is 58.3 Å². The van der Waals surface area contributed by atoms with Crippen molar-refractivity contribution in [3.8, 4) is 0 Å². The Hall–Kier alpha value is -1.39. The number of nitrogens with one attached hydrogen (secondary N) is 1. The first-order valence-corrected chi connectivity index (χ1v) is 4.69. The third-order valence-electron chi connectivity index (χ3n) is 2.03. The maximum atomic E-state index is 12.8. The van der Waals surface area contributed by atoms with E-state index in [1.54, 1.807) is 6.08 Å². The molecule has 15 heavy (non-hydrogen) atoms. The molecule has 1 unspecified atom stereocenters. The molecule has 1 aromatic rings. The van der Waals surface area contributed by atoms with Crippen molar-refractivity contribution in [1.82, 2.24) is 5.32 Å². The maximum Gasteiger partial charge on any atom is 0.146 e. The van der Waals surface area contributed by atoms with E-state index in [0.29, 0.717) is 18.7 Å². The van der Waals surface area contributed by atoms with E-state index >= 15 is 0 Å². The van der Waals surface area contributed by atoms with Crippen LogP contribution in [0.3, 0.4) is 0 Å². The highest BCUT2D eigenvalue weighted by atomic mass is 19.1. The van der Waals surface area contributed by atoms with Gasteiger partial charge in [0.15, 0.2) is 0 Å². The Kier molecular flexibility index (Phi) is 4.27. The molecule has 4 heteroatoms. The molecule has 1 rings (SSSR count). The van der Waals surface area contributed by atoms with Gasteiger partial charge in [0.25, 0.3) is 0 Å². The third kappa shape index (κ3) is 3.34. The second-order valence-corrected chi connectivity index (χ2v) is 3.24.